The smallest absolute Gasteiger partial charge is 0.261 e. The van der Waals surface area contributed by atoms with Crippen molar-refractivity contribution in [2.75, 3.05) is 17.7 Å². The van der Waals surface area contributed by atoms with Crippen molar-refractivity contribution in [3.05, 3.63) is 70.9 Å². The Morgan fingerprint density at radius 2 is 1.91 bits per heavy atom. The first-order valence-electron chi connectivity index (χ1n) is 11.3. The summed E-state index contributed by atoms with van der Waals surface area (Å²) < 4.78 is 34.6. The number of aryl methyl sites for hydroxylation is 1. The summed E-state index contributed by atoms with van der Waals surface area (Å²) in [6, 6.07) is 11.9. The highest BCUT2D eigenvalue weighted by Crippen LogP contribution is 2.40. The Bertz CT molecular complexity index is 1180. The molecule has 2 atom stereocenters. The van der Waals surface area contributed by atoms with E-state index in [2.05, 4.69) is 36.5 Å². The molecular weight excluding hydrogens is 438 g/mol. The molecule has 2 heterocycles. The highest BCUT2D eigenvalue weighted by atomic mass is 19.3. The van der Waals surface area contributed by atoms with Crippen molar-refractivity contribution in [2.24, 2.45) is 0 Å². The lowest BCUT2D eigenvalue weighted by atomic mass is 9.87. The van der Waals surface area contributed by atoms with Gasteiger partial charge in [-0.1, -0.05) is 56.7 Å². The van der Waals surface area contributed by atoms with Crippen LogP contribution >= 0.6 is 0 Å². The number of amides is 1. The average molecular weight is 469 g/mol. The number of carbonyl (C=O) groups excluding carboxylic acids is 1. The maximum atomic E-state index is 14.0. The lowest BCUT2D eigenvalue weighted by Crippen LogP contribution is -2.31. The van der Waals surface area contributed by atoms with Gasteiger partial charge in [0.05, 0.1) is 25.0 Å². The minimum Gasteiger partial charge on any atom is -0.495 e. The summed E-state index contributed by atoms with van der Waals surface area (Å²) in [6.07, 6.45) is -1.11. The van der Waals surface area contributed by atoms with E-state index >= 15 is 0 Å². The second-order valence-corrected chi connectivity index (χ2v) is 9.72. The Kier molecular flexibility index (Phi) is 6.34. The zero-order chi connectivity index (χ0) is 24.6. The number of hydrogen-bond acceptors (Lipinski definition) is 4. The summed E-state index contributed by atoms with van der Waals surface area (Å²) in [5, 5.41) is 10.3. The van der Waals surface area contributed by atoms with Gasteiger partial charge in [-0.05, 0) is 42.0 Å². The molecule has 8 heteroatoms. The van der Waals surface area contributed by atoms with Gasteiger partial charge in [-0.25, -0.2) is 13.5 Å². The number of methoxy groups -OCH3 is 1. The molecule has 0 unspecified atom stereocenters. The Labute approximate surface area is 198 Å². The predicted octanol–water partition coefficient (Wildman–Crippen LogP) is 6.11. The minimum absolute atomic E-state index is 0.129. The number of fused-ring (bicyclic) bond motifs is 1. The van der Waals surface area contributed by atoms with Gasteiger partial charge in [0.2, 0.25) is 0 Å². The first kappa shape index (κ1) is 23.7. The second kappa shape index (κ2) is 9.08. The van der Waals surface area contributed by atoms with E-state index in [0.29, 0.717) is 11.4 Å². The topological polar surface area (TPSA) is 68.2 Å². The number of ether oxygens (including phenoxy) is 1. The van der Waals surface area contributed by atoms with Crippen molar-refractivity contribution in [3.8, 4) is 5.75 Å². The quantitative estimate of drug-likeness (QED) is 0.474. The molecule has 0 saturated heterocycles. The highest BCUT2D eigenvalue weighted by Gasteiger charge is 2.36. The van der Waals surface area contributed by atoms with Crippen molar-refractivity contribution < 1.29 is 18.3 Å². The van der Waals surface area contributed by atoms with Crippen molar-refractivity contribution in [1.82, 2.24) is 9.78 Å². The summed E-state index contributed by atoms with van der Waals surface area (Å²) >= 11 is 0. The molecule has 0 saturated carbocycles. The highest BCUT2D eigenvalue weighted by molar-refractivity contribution is 6.08. The molecule has 6 nitrogen and oxygen atoms in total. The van der Waals surface area contributed by atoms with Gasteiger partial charge in [-0.3, -0.25) is 4.79 Å². The zero-order valence-electron chi connectivity index (χ0n) is 20.0. The van der Waals surface area contributed by atoms with E-state index in [0.717, 1.165) is 16.7 Å². The Morgan fingerprint density at radius 1 is 1.21 bits per heavy atom. The number of nitrogens with one attached hydrogen (secondary N) is 2. The summed E-state index contributed by atoms with van der Waals surface area (Å²) in [5.41, 5.74) is 3.57. The standard InChI is InChI=1S/C26H30F2N4O2/c1-15-6-8-16(9-7-15)19-13-21(23(27)28)32-24(30-19)18(14-29-32)25(33)31-20-12-17(26(2,3)4)10-11-22(20)34-5/h6-12,14,19,21,23,30H,13H2,1-5H3,(H,31,33)/t19-,21-/m1/s1. The van der Waals surface area contributed by atoms with Gasteiger partial charge >= 0.3 is 0 Å². The second-order valence-electron chi connectivity index (χ2n) is 9.72. The zero-order valence-corrected chi connectivity index (χ0v) is 20.0. The van der Waals surface area contributed by atoms with Gasteiger partial charge in [0.15, 0.2) is 0 Å². The molecule has 34 heavy (non-hydrogen) atoms. The van der Waals surface area contributed by atoms with Crippen molar-refractivity contribution in [1.29, 1.82) is 0 Å². The van der Waals surface area contributed by atoms with Gasteiger partial charge in [0.1, 0.15) is 23.2 Å². The third-order valence-electron chi connectivity index (χ3n) is 6.23. The number of halogens is 2. The third-order valence-corrected chi connectivity index (χ3v) is 6.23. The summed E-state index contributed by atoms with van der Waals surface area (Å²) in [6.45, 7) is 8.21. The first-order valence-corrected chi connectivity index (χ1v) is 11.3. The lowest BCUT2D eigenvalue weighted by Gasteiger charge is -2.32. The van der Waals surface area contributed by atoms with Crippen molar-refractivity contribution in [3.63, 3.8) is 0 Å². The SMILES string of the molecule is COc1ccc(C(C)(C)C)cc1NC(=O)c1cnn2c1N[C@@H](c1ccc(C)cc1)C[C@@H]2C(F)F. The number of carbonyl (C=O) groups is 1. The van der Waals surface area contributed by atoms with E-state index in [1.807, 2.05) is 49.4 Å². The number of nitrogens with zero attached hydrogens (tertiary/aromatic N) is 2. The van der Waals surface area contributed by atoms with Crippen LogP contribution in [0, 0.1) is 6.92 Å². The first-order chi connectivity index (χ1) is 16.1. The van der Waals surface area contributed by atoms with Crippen LogP contribution in [0.2, 0.25) is 0 Å². The van der Waals surface area contributed by atoms with Crippen LogP contribution in [-0.2, 0) is 5.41 Å². The predicted molar refractivity (Wildman–Crippen MR) is 129 cm³/mol. The van der Waals surface area contributed by atoms with Crippen LogP contribution in [0.4, 0.5) is 20.3 Å². The molecule has 1 amide bonds. The fourth-order valence-electron chi connectivity index (χ4n) is 4.18. The van der Waals surface area contributed by atoms with Crippen molar-refractivity contribution in [2.45, 2.75) is 58.0 Å². The molecule has 0 aliphatic carbocycles. The number of anilines is 2. The molecule has 0 radical (unpaired) electrons. The minimum atomic E-state index is -2.62. The maximum Gasteiger partial charge on any atom is 0.261 e. The molecule has 180 valence electrons. The van der Waals surface area contributed by atoms with Gasteiger partial charge in [0.25, 0.3) is 12.3 Å². The van der Waals surface area contributed by atoms with E-state index in [4.69, 9.17) is 4.74 Å². The Hall–Kier alpha value is -3.42. The monoisotopic (exact) mass is 468 g/mol. The van der Waals surface area contributed by atoms with E-state index in [-0.39, 0.29) is 29.3 Å². The number of hydrogen-bond donors (Lipinski definition) is 2. The van der Waals surface area contributed by atoms with Crippen LogP contribution < -0.4 is 15.4 Å². The Morgan fingerprint density at radius 3 is 2.53 bits per heavy atom. The molecule has 4 rings (SSSR count). The van der Waals surface area contributed by atoms with Crippen molar-refractivity contribution >= 4 is 17.4 Å². The van der Waals surface area contributed by atoms with Gasteiger partial charge in [-0.2, -0.15) is 5.10 Å². The molecule has 0 bridgehead atoms. The van der Waals surface area contributed by atoms with Crippen LogP contribution in [0.15, 0.2) is 48.7 Å². The molecule has 1 aliphatic heterocycles. The number of alkyl halides is 2. The van der Waals surface area contributed by atoms with E-state index in [1.54, 1.807) is 0 Å². The number of rotatable bonds is 5. The largest absolute Gasteiger partial charge is 0.495 e. The van der Waals surface area contributed by atoms with Crippen LogP contribution in [0.3, 0.4) is 0 Å². The number of aromatic nitrogens is 2. The third kappa shape index (κ3) is 4.62. The van der Waals surface area contributed by atoms with Gasteiger partial charge in [-0.15, -0.1) is 0 Å². The molecule has 0 fully saturated rings. The lowest BCUT2D eigenvalue weighted by molar-refractivity contribution is 0.0657. The average Bonchev–Trinajstić information content (AvgIpc) is 3.22. The summed E-state index contributed by atoms with van der Waals surface area (Å²) in [4.78, 5) is 13.3. The summed E-state index contributed by atoms with van der Waals surface area (Å²) in [5.74, 6) is 0.347. The Balaban J connectivity index is 1.67. The normalized spacial score (nSPS) is 17.8. The molecule has 3 aromatic rings. The van der Waals surface area contributed by atoms with Gasteiger partial charge < -0.3 is 15.4 Å². The maximum absolute atomic E-state index is 14.0. The molecule has 2 N–H and O–H groups in total. The summed E-state index contributed by atoms with van der Waals surface area (Å²) in [7, 11) is 1.53. The number of benzene rings is 2. The van der Waals surface area contributed by atoms with Gasteiger partial charge in [0, 0.05) is 0 Å². The van der Waals surface area contributed by atoms with Crippen LogP contribution in [-0.4, -0.2) is 29.2 Å². The van der Waals surface area contributed by atoms with E-state index < -0.39 is 18.4 Å². The molecular formula is C26H30F2N4O2. The fraction of sp³-hybridized carbons (Fsp3) is 0.385. The molecule has 2 aromatic carbocycles. The van der Waals surface area contributed by atoms with E-state index in [1.165, 1.54) is 18.0 Å². The van der Waals surface area contributed by atoms with Crippen LogP contribution in [0.25, 0.3) is 0 Å². The van der Waals surface area contributed by atoms with Crippen LogP contribution in [0.5, 0.6) is 5.75 Å². The fourth-order valence-corrected chi connectivity index (χ4v) is 4.18. The molecule has 1 aromatic heterocycles. The van der Waals surface area contributed by atoms with E-state index in [9.17, 15) is 13.6 Å². The molecule has 1 aliphatic rings. The van der Waals surface area contributed by atoms with Crippen LogP contribution in [0.1, 0.15) is 66.3 Å². The molecule has 0 spiro atoms.